The van der Waals surface area contributed by atoms with E-state index in [1.54, 1.807) is 12.1 Å². The number of amides is 4. The third-order valence-electron chi connectivity index (χ3n) is 4.61. The van der Waals surface area contributed by atoms with Crippen LogP contribution in [0.3, 0.4) is 0 Å². The average Bonchev–Trinajstić information content (AvgIpc) is 2.87. The number of piperidine rings is 1. The summed E-state index contributed by atoms with van der Waals surface area (Å²) in [7, 11) is 0. The standard InChI is InChI=1S/C17H16F3N3O4/c18-17(19,20)16(27)21-10-5-7-22(8-6-10)13(24)9-23-14(25)11-3-1-2-4-12(11)15(23)26/h1-4,10H,5-9H2,(H,21,27). The van der Waals surface area contributed by atoms with Crippen molar-refractivity contribution in [3.05, 3.63) is 35.4 Å². The summed E-state index contributed by atoms with van der Waals surface area (Å²) in [6.45, 7) is -0.165. The highest BCUT2D eigenvalue weighted by molar-refractivity contribution is 6.22. The summed E-state index contributed by atoms with van der Waals surface area (Å²) in [5, 5.41) is 1.90. The highest BCUT2D eigenvalue weighted by Gasteiger charge is 2.41. The van der Waals surface area contributed by atoms with E-state index in [1.807, 2.05) is 5.32 Å². The third kappa shape index (κ3) is 3.79. The van der Waals surface area contributed by atoms with Gasteiger partial charge in [0.05, 0.1) is 11.1 Å². The molecule has 2 aliphatic rings. The van der Waals surface area contributed by atoms with Crippen molar-refractivity contribution in [3.63, 3.8) is 0 Å². The highest BCUT2D eigenvalue weighted by Crippen LogP contribution is 2.23. The van der Waals surface area contributed by atoms with Crippen LogP contribution in [-0.4, -0.2) is 65.3 Å². The number of nitrogens with zero attached hydrogens (tertiary/aromatic N) is 2. The summed E-state index contributed by atoms with van der Waals surface area (Å²) in [5.74, 6) is -3.56. The lowest BCUT2D eigenvalue weighted by atomic mass is 10.0. The number of fused-ring (bicyclic) bond motifs is 1. The molecule has 3 rings (SSSR count). The lowest BCUT2D eigenvalue weighted by Gasteiger charge is -2.33. The second kappa shape index (κ2) is 7.01. The maximum atomic E-state index is 12.4. The molecule has 7 nitrogen and oxygen atoms in total. The van der Waals surface area contributed by atoms with Crippen LogP contribution in [0.4, 0.5) is 13.2 Å². The van der Waals surface area contributed by atoms with Gasteiger partial charge in [-0.1, -0.05) is 12.1 Å². The van der Waals surface area contributed by atoms with Gasteiger partial charge >= 0.3 is 12.1 Å². The second-order valence-electron chi connectivity index (χ2n) is 6.37. The van der Waals surface area contributed by atoms with Crippen molar-refractivity contribution < 1.29 is 32.3 Å². The molecule has 10 heteroatoms. The Hall–Kier alpha value is -2.91. The zero-order valence-electron chi connectivity index (χ0n) is 14.1. The molecule has 0 spiro atoms. The van der Waals surface area contributed by atoms with Gasteiger partial charge in [-0.05, 0) is 25.0 Å². The van der Waals surface area contributed by atoms with Crippen LogP contribution in [0, 0.1) is 0 Å². The first-order valence-corrected chi connectivity index (χ1v) is 8.29. The van der Waals surface area contributed by atoms with Gasteiger partial charge < -0.3 is 10.2 Å². The largest absolute Gasteiger partial charge is 0.471 e. The minimum Gasteiger partial charge on any atom is -0.345 e. The Balaban J connectivity index is 1.54. The number of likely N-dealkylation sites (tertiary alicyclic amines) is 1. The van der Waals surface area contributed by atoms with E-state index in [-0.39, 0.29) is 37.1 Å². The Kier molecular flexibility index (Phi) is 4.90. The number of nitrogens with one attached hydrogen (secondary N) is 1. The molecule has 2 heterocycles. The van der Waals surface area contributed by atoms with Crippen molar-refractivity contribution >= 4 is 23.6 Å². The number of hydrogen-bond donors (Lipinski definition) is 1. The summed E-state index contributed by atoms with van der Waals surface area (Å²) < 4.78 is 36.8. The molecule has 27 heavy (non-hydrogen) atoms. The Labute approximate surface area is 152 Å². The van der Waals surface area contributed by atoms with Crippen molar-refractivity contribution in [2.75, 3.05) is 19.6 Å². The number of imide groups is 1. The number of rotatable bonds is 3. The van der Waals surface area contributed by atoms with Crippen LogP contribution in [0.5, 0.6) is 0 Å². The zero-order valence-corrected chi connectivity index (χ0v) is 14.1. The van der Waals surface area contributed by atoms with Gasteiger partial charge in [-0.25, -0.2) is 0 Å². The molecule has 1 aromatic carbocycles. The van der Waals surface area contributed by atoms with Crippen molar-refractivity contribution in [3.8, 4) is 0 Å². The first kappa shape index (κ1) is 18.9. The van der Waals surface area contributed by atoms with Crippen LogP contribution < -0.4 is 5.32 Å². The van der Waals surface area contributed by atoms with E-state index in [0.29, 0.717) is 0 Å². The number of benzene rings is 1. The fraction of sp³-hybridized carbons (Fsp3) is 0.412. The summed E-state index contributed by atoms with van der Waals surface area (Å²) >= 11 is 0. The number of carbonyl (C=O) groups is 4. The molecule has 0 atom stereocenters. The van der Waals surface area contributed by atoms with E-state index in [2.05, 4.69) is 0 Å². The average molecular weight is 383 g/mol. The maximum absolute atomic E-state index is 12.4. The SMILES string of the molecule is O=C(CN1C(=O)c2ccccc2C1=O)N1CCC(NC(=O)C(F)(F)F)CC1. The third-order valence-corrected chi connectivity index (χ3v) is 4.61. The van der Waals surface area contributed by atoms with Crippen molar-refractivity contribution in [1.29, 1.82) is 0 Å². The normalized spacial score (nSPS) is 17.9. The monoisotopic (exact) mass is 383 g/mol. The van der Waals surface area contributed by atoms with Gasteiger partial charge in [-0.3, -0.25) is 24.1 Å². The Morgan fingerprint density at radius 2 is 1.56 bits per heavy atom. The van der Waals surface area contributed by atoms with Crippen molar-refractivity contribution in [1.82, 2.24) is 15.1 Å². The lowest BCUT2D eigenvalue weighted by Crippen LogP contribution is -2.51. The predicted octanol–water partition coefficient (Wildman–Crippen LogP) is 0.952. The van der Waals surface area contributed by atoms with Gasteiger partial charge in [0.25, 0.3) is 11.8 Å². The van der Waals surface area contributed by atoms with Gasteiger partial charge in [-0.15, -0.1) is 0 Å². The van der Waals surface area contributed by atoms with Crippen molar-refractivity contribution in [2.24, 2.45) is 0 Å². The molecular formula is C17H16F3N3O4. The van der Waals surface area contributed by atoms with Crippen LogP contribution in [0.1, 0.15) is 33.6 Å². The van der Waals surface area contributed by atoms with Gasteiger partial charge in [0, 0.05) is 19.1 Å². The quantitative estimate of drug-likeness (QED) is 0.788. The molecular weight excluding hydrogens is 367 g/mol. The molecule has 0 aliphatic carbocycles. The molecule has 1 N–H and O–H groups in total. The number of alkyl halides is 3. The lowest BCUT2D eigenvalue weighted by molar-refractivity contribution is -0.174. The van der Waals surface area contributed by atoms with E-state index < -0.39 is 42.4 Å². The van der Waals surface area contributed by atoms with Gasteiger partial charge in [0.1, 0.15) is 6.54 Å². The second-order valence-corrected chi connectivity index (χ2v) is 6.37. The van der Waals surface area contributed by atoms with Crippen LogP contribution in [0.2, 0.25) is 0 Å². The number of halogens is 3. The fourth-order valence-electron chi connectivity index (χ4n) is 3.16. The molecule has 1 fully saturated rings. The summed E-state index contributed by atoms with van der Waals surface area (Å²) in [4.78, 5) is 50.1. The molecule has 0 saturated carbocycles. The highest BCUT2D eigenvalue weighted by atomic mass is 19.4. The molecule has 4 amide bonds. The van der Waals surface area contributed by atoms with E-state index in [4.69, 9.17) is 0 Å². The molecule has 144 valence electrons. The van der Waals surface area contributed by atoms with E-state index >= 15 is 0 Å². The first-order chi connectivity index (χ1) is 12.7. The minimum atomic E-state index is -4.95. The molecule has 1 aromatic rings. The molecule has 0 aromatic heterocycles. The van der Waals surface area contributed by atoms with Crippen LogP contribution in [0.15, 0.2) is 24.3 Å². The van der Waals surface area contributed by atoms with E-state index in [0.717, 1.165) is 4.90 Å². The van der Waals surface area contributed by atoms with Gasteiger partial charge in [-0.2, -0.15) is 13.2 Å². The summed E-state index contributed by atoms with van der Waals surface area (Å²) in [5.41, 5.74) is 0.479. The fourth-order valence-corrected chi connectivity index (χ4v) is 3.16. The molecule has 0 unspecified atom stereocenters. The Morgan fingerprint density at radius 3 is 2.04 bits per heavy atom. The topological polar surface area (TPSA) is 86.8 Å². The minimum absolute atomic E-state index is 0.130. The molecule has 0 bridgehead atoms. The number of hydrogen-bond acceptors (Lipinski definition) is 4. The van der Waals surface area contributed by atoms with Gasteiger partial charge in [0.2, 0.25) is 5.91 Å². The number of carbonyl (C=O) groups excluding carboxylic acids is 4. The Morgan fingerprint density at radius 1 is 1.04 bits per heavy atom. The first-order valence-electron chi connectivity index (χ1n) is 8.29. The molecule has 0 radical (unpaired) electrons. The Bertz CT molecular complexity index is 766. The van der Waals surface area contributed by atoms with Crippen LogP contribution >= 0.6 is 0 Å². The summed E-state index contributed by atoms with van der Waals surface area (Å²) in [6.07, 6.45) is -4.62. The smallest absolute Gasteiger partial charge is 0.345 e. The van der Waals surface area contributed by atoms with Crippen LogP contribution in [-0.2, 0) is 9.59 Å². The molecule has 1 saturated heterocycles. The van der Waals surface area contributed by atoms with Gasteiger partial charge in [0.15, 0.2) is 0 Å². The maximum Gasteiger partial charge on any atom is 0.471 e. The zero-order chi connectivity index (χ0) is 19.8. The van der Waals surface area contributed by atoms with Crippen LogP contribution in [0.25, 0.3) is 0 Å². The van der Waals surface area contributed by atoms with E-state index in [1.165, 1.54) is 17.0 Å². The van der Waals surface area contributed by atoms with E-state index in [9.17, 15) is 32.3 Å². The predicted molar refractivity (Wildman–Crippen MR) is 85.6 cm³/mol. The van der Waals surface area contributed by atoms with Crippen molar-refractivity contribution in [2.45, 2.75) is 25.1 Å². The molecule has 2 aliphatic heterocycles. The summed E-state index contributed by atoms with van der Waals surface area (Å²) in [6, 6.07) is 5.58.